The Morgan fingerprint density at radius 1 is 0.323 bits per heavy atom. The second kappa shape index (κ2) is 53.2. The van der Waals surface area contributed by atoms with Crippen LogP contribution >= 0.6 is 0 Å². The predicted octanol–water partition coefficient (Wildman–Crippen LogP) is 18.0. The van der Waals surface area contributed by atoms with Gasteiger partial charge in [0.1, 0.15) is 13.2 Å². The SMILES string of the molecule is CC/C=C\C/C=C\C/C=C\C/C=C\C/C=C\C/C=C\CCCCC(=O)OCC(COC(=O)CCCCCCC)OC(=O)CCCCCCCCCCC/C=C\CCCCCCCCCC. The van der Waals surface area contributed by atoms with Gasteiger partial charge in [-0.3, -0.25) is 14.4 Å². The molecule has 1 unspecified atom stereocenters. The van der Waals surface area contributed by atoms with Gasteiger partial charge in [0.2, 0.25) is 0 Å². The molecular weight excluding hydrogens is 805 g/mol. The first-order valence-electron chi connectivity index (χ1n) is 27.1. The van der Waals surface area contributed by atoms with Crippen LogP contribution in [-0.2, 0) is 28.6 Å². The average molecular weight is 905 g/mol. The number of carbonyl (C=O) groups excluding carboxylic acids is 3. The first-order valence-corrected chi connectivity index (χ1v) is 27.1. The summed E-state index contributed by atoms with van der Waals surface area (Å²) >= 11 is 0. The molecule has 0 aliphatic heterocycles. The van der Waals surface area contributed by atoms with Crippen molar-refractivity contribution in [3.05, 3.63) is 85.1 Å². The van der Waals surface area contributed by atoms with E-state index in [1.165, 1.54) is 109 Å². The van der Waals surface area contributed by atoms with Crippen molar-refractivity contribution in [2.75, 3.05) is 13.2 Å². The van der Waals surface area contributed by atoms with Crippen molar-refractivity contribution in [3.8, 4) is 0 Å². The third-order valence-electron chi connectivity index (χ3n) is 11.4. The van der Waals surface area contributed by atoms with E-state index in [1.807, 2.05) is 0 Å². The van der Waals surface area contributed by atoms with Crippen molar-refractivity contribution in [2.24, 2.45) is 0 Å². The van der Waals surface area contributed by atoms with Gasteiger partial charge in [-0.25, -0.2) is 0 Å². The lowest BCUT2D eigenvalue weighted by atomic mass is 10.1. The lowest BCUT2D eigenvalue weighted by molar-refractivity contribution is -0.167. The van der Waals surface area contributed by atoms with E-state index in [2.05, 4.69) is 106 Å². The topological polar surface area (TPSA) is 78.9 Å². The second-order valence-electron chi connectivity index (χ2n) is 17.8. The van der Waals surface area contributed by atoms with Crippen molar-refractivity contribution >= 4 is 17.9 Å². The lowest BCUT2D eigenvalue weighted by Gasteiger charge is -2.18. The Kier molecular flexibility index (Phi) is 50.4. The summed E-state index contributed by atoms with van der Waals surface area (Å²) < 4.78 is 16.7. The molecule has 0 saturated carbocycles. The Morgan fingerprint density at radius 3 is 0.985 bits per heavy atom. The number of ether oxygens (including phenoxy) is 3. The van der Waals surface area contributed by atoms with Gasteiger partial charge in [0.15, 0.2) is 6.10 Å². The van der Waals surface area contributed by atoms with Crippen molar-refractivity contribution in [1.29, 1.82) is 0 Å². The molecular formula is C59H100O6. The molecule has 0 bridgehead atoms. The van der Waals surface area contributed by atoms with E-state index in [-0.39, 0.29) is 31.1 Å². The van der Waals surface area contributed by atoms with E-state index >= 15 is 0 Å². The maximum absolute atomic E-state index is 12.8. The van der Waals surface area contributed by atoms with E-state index < -0.39 is 6.10 Å². The fourth-order valence-electron chi connectivity index (χ4n) is 7.32. The van der Waals surface area contributed by atoms with E-state index in [0.717, 1.165) is 103 Å². The minimum atomic E-state index is -0.792. The van der Waals surface area contributed by atoms with Crippen LogP contribution in [0.2, 0.25) is 0 Å². The van der Waals surface area contributed by atoms with Crippen LogP contribution in [-0.4, -0.2) is 37.2 Å². The second-order valence-corrected chi connectivity index (χ2v) is 17.8. The van der Waals surface area contributed by atoms with Gasteiger partial charge < -0.3 is 14.2 Å². The number of hydrogen-bond donors (Lipinski definition) is 0. The van der Waals surface area contributed by atoms with Crippen LogP contribution in [0.5, 0.6) is 0 Å². The third-order valence-corrected chi connectivity index (χ3v) is 11.4. The Labute approximate surface area is 401 Å². The number of allylic oxidation sites excluding steroid dienone is 14. The number of rotatable bonds is 48. The molecule has 0 amide bonds. The van der Waals surface area contributed by atoms with Crippen LogP contribution in [0.15, 0.2) is 85.1 Å². The number of unbranched alkanes of at least 4 members (excludes halogenated alkanes) is 23. The van der Waals surface area contributed by atoms with Crippen molar-refractivity contribution in [1.82, 2.24) is 0 Å². The van der Waals surface area contributed by atoms with Gasteiger partial charge in [-0.15, -0.1) is 0 Å². The van der Waals surface area contributed by atoms with Crippen molar-refractivity contribution in [2.45, 2.75) is 258 Å². The molecule has 0 fully saturated rings. The third kappa shape index (κ3) is 51.4. The van der Waals surface area contributed by atoms with Crippen LogP contribution in [0.25, 0.3) is 0 Å². The molecule has 65 heavy (non-hydrogen) atoms. The van der Waals surface area contributed by atoms with Gasteiger partial charge in [-0.1, -0.05) is 221 Å². The highest BCUT2D eigenvalue weighted by Gasteiger charge is 2.19. The highest BCUT2D eigenvalue weighted by atomic mass is 16.6. The van der Waals surface area contributed by atoms with Gasteiger partial charge in [0, 0.05) is 19.3 Å². The molecule has 0 spiro atoms. The lowest BCUT2D eigenvalue weighted by Crippen LogP contribution is -2.30. The highest BCUT2D eigenvalue weighted by Crippen LogP contribution is 2.14. The molecule has 0 aromatic rings. The van der Waals surface area contributed by atoms with Gasteiger partial charge in [-0.2, -0.15) is 0 Å². The molecule has 0 aliphatic rings. The largest absolute Gasteiger partial charge is 0.462 e. The average Bonchev–Trinajstić information content (AvgIpc) is 3.30. The summed E-state index contributed by atoms with van der Waals surface area (Å²) in [4.78, 5) is 37.7. The summed E-state index contributed by atoms with van der Waals surface area (Å²) in [7, 11) is 0. The number of hydrogen-bond acceptors (Lipinski definition) is 6. The summed E-state index contributed by atoms with van der Waals surface area (Å²) in [5, 5.41) is 0. The van der Waals surface area contributed by atoms with Crippen LogP contribution in [0.3, 0.4) is 0 Å². The van der Waals surface area contributed by atoms with Gasteiger partial charge in [0.05, 0.1) is 0 Å². The molecule has 0 rings (SSSR count). The van der Waals surface area contributed by atoms with E-state index in [9.17, 15) is 14.4 Å². The Morgan fingerprint density at radius 2 is 0.600 bits per heavy atom. The van der Waals surface area contributed by atoms with E-state index in [0.29, 0.717) is 19.3 Å². The zero-order valence-corrected chi connectivity index (χ0v) is 42.5. The quantitative estimate of drug-likeness (QED) is 0.0262. The summed E-state index contributed by atoms with van der Waals surface area (Å²) in [6.07, 6.45) is 69.0. The van der Waals surface area contributed by atoms with Crippen molar-refractivity contribution < 1.29 is 28.6 Å². The summed E-state index contributed by atoms with van der Waals surface area (Å²) in [6, 6.07) is 0. The first kappa shape index (κ1) is 61.6. The van der Waals surface area contributed by atoms with E-state index in [1.54, 1.807) is 0 Å². The molecule has 1 atom stereocenters. The smallest absolute Gasteiger partial charge is 0.306 e. The molecule has 6 nitrogen and oxygen atoms in total. The fourth-order valence-corrected chi connectivity index (χ4v) is 7.32. The zero-order valence-electron chi connectivity index (χ0n) is 42.5. The number of carbonyl (C=O) groups is 3. The molecule has 0 heterocycles. The Balaban J connectivity index is 4.22. The maximum Gasteiger partial charge on any atom is 0.306 e. The van der Waals surface area contributed by atoms with Crippen LogP contribution in [0.1, 0.15) is 252 Å². The Bertz CT molecular complexity index is 1270. The van der Waals surface area contributed by atoms with E-state index in [4.69, 9.17) is 14.2 Å². The normalized spacial score (nSPS) is 12.7. The first-order chi connectivity index (χ1) is 32.0. The van der Waals surface area contributed by atoms with Gasteiger partial charge >= 0.3 is 17.9 Å². The summed E-state index contributed by atoms with van der Waals surface area (Å²) in [5.41, 5.74) is 0. The minimum absolute atomic E-state index is 0.0922. The van der Waals surface area contributed by atoms with Crippen LogP contribution in [0.4, 0.5) is 0 Å². The van der Waals surface area contributed by atoms with Crippen LogP contribution in [0, 0.1) is 0 Å². The zero-order chi connectivity index (χ0) is 47.2. The highest BCUT2D eigenvalue weighted by molar-refractivity contribution is 5.71. The van der Waals surface area contributed by atoms with Crippen LogP contribution < -0.4 is 0 Å². The number of esters is 3. The molecule has 0 aromatic heterocycles. The molecule has 0 N–H and O–H groups in total. The van der Waals surface area contributed by atoms with Gasteiger partial charge in [-0.05, 0) is 96.3 Å². The van der Waals surface area contributed by atoms with Gasteiger partial charge in [0.25, 0.3) is 0 Å². The standard InChI is InChI=1S/C59H100O6/c1-4-7-10-13-15-17-19-21-23-25-27-29-31-33-35-37-39-41-43-46-49-52-58(61)64-55-56(54-63-57(60)51-48-45-12-9-6-3)65-59(62)53-50-47-44-42-40-38-36-34-32-30-28-26-24-22-20-18-16-14-11-8-5-2/h7,10,15,17,21,23,26-29,33,35,39,41,56H,4-6,8-9,11-14,16,18-20,22,24-25,30-32,34,36-38,40,42-55H2,1-3H3/b10-7-,17-15-,23-21-,28-26-,29-27-,35-33-,41-39-. The maximum atomic E-state index is 12.8. The molecule has 0 aliphatic carbocycles. The minimum Gasteiger partial charge on any atom is -0.462 e. The molecule has 372 valence electrons. The summed E-state index contributed by atoms with van der Waals surface area (Å²) in [5.74, 6) is -0.952. The van der Waals surface area contributed by atoms with Crippen molar-refractivity contribution in [3.63, 3.8) is 0 Å². The molecule has 6 heteroatoms. The molecule has 0 aromatic carbocycles. The predicted molar refractivity (Wildman–Crippen MR) is 279 cm³/mol. The Hall–Kier alpha value is -3.41. The monoisotopic (exact) mass is 905 g/mol. The fraction of sp³-hybridized carbons (Fsp3) is 0.712. The summed E-state index contributed by atoms with van der Waals surface area (Å²) in [6.45, 7) is 6.40. The molecule has 0 radical (unpaired) electrons. The molecule has 0 saturated heterocycles.